The van der Waals surface area contributed by atoms with Gasteiger partial charge < -0.3 is 57.2 Å². The molecule has 0 unspecified atom stereocenters. The number of rotatable bonds is 23. The molecule has 0 spiro atoms. The van der Waals surface area contributed by atoms with Crippen molar-refractivity contribution in [2.45, 2.75) is 0 Å². The van der Waals surface area contributed by atoms with Gasteiger partial charge in [-0.05, 0) is 48.5 Å². The predicted octanol–water partition coefficient (Wildman–Crippen LogP) is 6.36. The van der Waals surface area contributed by atoms with Gasteiger partial charge in [0, 0.05) is 48.5 Å². The molecule has 370 valence electrons. The molecule has 4 rings (SSSR count). The number of ether oxygens (including phenoxy) is 10. The first-order chi connectivity index (χ1) is 33.5. The smallest absolute Gasteiger partial charge is 0.446 e. The summed E-state index contributed by atoms with van der Waals surface area (Å²) >= 11 is 0. The largest absolute Gasteiger partial charge is 0.513 e. The maximum absolute atomic E-state index is 13.1. The maximum atomic E-state index is 13.1. The molecule has 70 heavy (non-hydrogen) atoms. The van der Waals surface area contributed by atoms with Gasteiger partial charge in [-0.15, -0.1) is 0 Å². The van der Waals surface area contributed by atoms with Crippen LogP contribution in [0.3, 0.4) is 0 Å². The van der Waals surface area contributed by atoms with Gasteiger partial charge >= 0.3 is 36.8 Å². The molecule has 0 radical (unpaired) electrons. The van der Waals surface area contributed by atoms with Crippen molar-refractivity contribution in [2.75, 3.05) is 65.8 Å². The Morgan fingerprint density at radius 3 is 0.714 bits per heavy atom. The lowest BCUT2D eigenvalue weighted by atomic mass is 10.3. The van der Waals surface area contributed by atoms with E-state index in [2.05, 4.69) is 0 Å². The zero-order valence-electron chi connectivity index (χ0n) is 35.8. The Labute approximate surface area is 391 Å². The number of amides is 2. The SMILES string of the molecule is O=C(OCCN(CCOC(=O)Oc1ccc([N+](=O)[O-])cc1)C(=O)OCCOC(=O)N(CCOC(=O)Oc1ccc([N+](=O)[O-])cc1)CCOC(=O)Oc1ccc([N+](=O)[O-])cc1)Oc1ccc([N+](=O)[O-])cc1. The van der Waals surface area contributed by atoms with Crippen LogP contribution in [0.1, 0.15) is 0 Å². The molecule has 0 heterocycles. The zero-order valence-corrected chi connectivity index (χ0v) is 35.8. The Kier molecular flexibility index (Phi) is 20.3. The first kappa shape index (κ1) is 52.7. The number of nitrogens with zero attached hydrogens (tertiary/aromatic N) is 6. The molecule has 0 aliphatic heterocycles. The van der Waals surface area contributed by atoms with Crippen molar-refractivity contribution in [3.05, 3.63) is 138 Å². The summed E-state index contributed by atoms with van der Waals surface area (Å²) in [4.78, 5) is 118. The summed E-state index contributed by atoms with van der Waals surface area (Å²) in [6, 6.07) is 17.7. The minimum absolute atomic E-state index is 0.107. The molecule has 0 bridgehead atoms. The fourth-order valence-corrected chi connectivity index (χ4v) is 5.03. The van der Waals surface area contributed by atoms with Crippen LogP contribution in [0, 0.1) is 40.5 Å². The van der Waals surface area contributed by atoms with Crippen LogP contribution >= 0.6 is 0 Å². The summed E-state index contributed by atoms with van der Waals surface area (Å²) in [5.41, 5.74) is -1.10. The summed E-state index contributed by atoms with van der Waals surface area (Å²) in [6.07, 6.45) is -7.29. The number of carbonyl (C=O) groups is 6. The molecule has 4 aromatic carbocycles. The monoisotopic (exact) mass is 984 g/mol. The van der Waals surface area contributed by atoms with Gasteiger partial charge in [-0.2, -0.15) is 0 Å². The van der Waals surface area contributed by atoms with Crippen LogP contribution in [-0.2, 0) is 28.4 Å². The topological polar surface area (TPSA) is 374 Å². The second kappa shape index (κ2) is 26.9. The minimum atomic E-state index is -1.26. The van der Waals surface area contributed by atoms with E-state index in [-0.39, 0.29) is 45.7 Å². The summed E-state index contributed by atoms with van der Waals surface area (Å²) in [7, 11) is 0. The third-order valence-corrected chi connectivity index (χ3v) is 8.37. The van der Waals surface area contributed by atoms with Gasteiger partial charge in [-0.1, -0.05) is 0 Å². The van der Waals surface area contributed by atoms with E-state index in [1.807, 2.05) is 0 Å². The van der Waals surface area contributed by atoms with Gasteiger partial charge in [0.1, 0.15) is 62.6 Å². The molecule has 30 nitrogen and oxygen atoms in total. The molecule has 0 saturated carbocycles. The van der Waals surface area contributed by atoms with Crippen LogP contribution in [0.2, 0.25) is 0 Å². The molecular weight excluding hydrogens is 948 g/mol. The minimum Gasteiger partial charge on any atom is -0.446 e. The van der Waals surface area contributed by atoms with Crippen molar-refractivity contribution in [3.8, 4) is 23.0 Å². The van der Waals surface area contributed by atoms with E-state index in [4.69, 9.17) is 47.4 Å². The highest BCUT2D eigenvalue weighted by Gasteiger charge is 2.22. The molecule has 0 aromatic heterocycles. The van der Waals surface area contributed by atoms with Crippen LogP contribution in [0.5, 0.6) is 23.0 Å². The summed E-state index contributed by atoms with van der Waals surface area (Å²) in [6.45, 7) is -5.03. The Morgan fingerprint density at radius 1 is 0.329 bits per heavy atom. The molecule has 0 atom stereocenters. The standard InChI is InChI=1S/C40H36N6O24/c47-35(41(17-21-63-37(49)67-31-9-1-27(2-10-31)43(53)54)18-22-64-38(50)68-32-11-3-28(4-12-32)44(55)56)61-25-26-62-36(48)42(19-23-65-39(51)69-33-13-5-29(6-14-33)45(57)58)20-24-66-40(52)70-34-15-7-30(8-16-34)46(59)60/h1-16H,17-26H2. The Bertz CT molecular complexity index is 2160. The fraction of sp³-hybridized carbons (Fsp3) is 0.250. The number of hydrogen-bond donors (Lipinski definition) is 0. The van der Waals surface area contributed by atoms with Crippen molar-refractivity contribution in [2.24, 2.45) is 0 Å². The van der Waals surface area contributed by atoms with Gasteiger partial charge in [-0.3, -0.25) is 40.5 Å². The van der Waals surface area contributed by atoms with Gasteiger partial charge in [0.25, 0.3) is 22.7 Å². The summed E-state index contributed by atoms with van der Waals surface area (Å²) < 4.78 is 50.0. The second-order valence-electron chi connectivity index (χ2n) is 13.0. The first-order valence-corrected chi connectivity index (χ1v) is 19.7. The van der Waals surface area contributed by atoms with Gasteiger partial charge in [0.2, 0.25) is 0 Å². The van der Waals surface area contributed by atoms with Crippen LogP contribution in [-0.4, -0.2) is 132 Å². The first-order valence-electron chi connectivity index (χ1n) is 19.7. The lowest BCUT2D eigenvalue weighted by Crippen LogP contribution is -2.40. The lowest BCUT2D eigenvalue weighted by molar-refractivity contribution is -0.385. The quantitative estimate of drug-likeness (QED) is 0.0195. The van der Waals surface area contributed by atoms with E-state index in [0.29, 0.717) is 0 Å². The van der Waals surface area contributed by atoms with Crippen molar-refractivity contribution in [1.82, 2.24) is 9.80 Å². The normalized spacial score (nSPS) is 10.2. The fourth-order valence-electron chi connectivity index (χ4n) is 5.03. The molecule has 0 N–H and O–H groups in total. The van der Waals surface area contributed by atoms with Gasteiger partial charge in [-0.25, -0.2) is 28.8 Å². The molecular formula is C40H36N6O24. The highest BCUT2D eigenvalue weighted by Crippen LogP contribution is 2.21. The van der Waals surface area contributed by atoms with Crippen molar-refractivity contribution in [3.63, 3.8) is 0 Å². The molecule has 0 aliphatic rings. The number of non-ortho nitro benzene ring substituents is 4. The van der Waals surface area contributed by atoms with Crippen LogP contribution in [0.15, 0.2) is 97.1 Å². The second-order valence-corrected chi connectivity index (χ2v) is 13.0. The third kappa shape index (κ3) is 18.5. The van der Waals surface area contributed by atoms with E-state index in [9.17, 15) is 69.2 Å². The van der Waals surface area contributed by atoms with E-state index < -0.39 is 122 Å². The van der Waals surface area contributed by atoms with Crippen LogP contribution < -0.4 is 18.9 Å². The maximum Gasteiger partial charge on any atom is 0.513 e. The lowest BCUT2D eigenvalue weighted by Gasteiger charge is -2.23. The average molecular weight is 985 g/mol. The molecule has 0 fully saturated rings. The van der Waals surface area contributed by atoms with E-state index >= 15 is 0 Å². The Hall–Kier alpha value is -9.90. The highest BCUT2D eigenvalue weighted by molar-refractivity contribution is 5.69. The third-order valence-electron chi connectivity index (χ3n) is 8.37. The highest BCUT2D eigenvalue weighted by atomic mass is 16.7. The van der Waals surface area contributed by atoms with Gasteiger partial charge in [0.15, 0.2) is 0 Å². The number of nitro benzene ring substituents is 4. The molecule has 30 heteroatoms. The van der Waals surface area contributed by atoms with Crippen LogP contribution in [0.25, 0.3) is 0 Å². The number of benzene rings is 4. The number of nitro groups is 4. The summed E-state index contributed by atoms with van der Waals surface area (Å²) in [5.74, 6) is -0.428. The summed E-state index contributed by atoms with van der Waals surface area (Å²) in [5, 5.41) is 43.5. The predicted molar refractivity (Wildman–Crippen MR) is 226 cm³/mol. The molecule has 0 saturated heterocycles. The Morgan fingerprint density at radius 2 is 0.529 bits per heavy atom. The number of hydrogen-bond acceptors (Lipinski definition) is 24. The average Bonchev–Trinajstić information content (AvgIpc) is 3.32. The zero-order chi connectivity index (χ0) is 51.0. The van der Waals surface area contributed by atoms with E-state index in [1.54, 1.807) is 0 Å². The van der Waals surface area contributed by atoms with Crippen molar-refractivity contribution >= 4 is 59.6 Å². The van der Waals surface area contributed by atoms with Crippen molar-refractivity contribution < 1.29 is 95.8 Å². The molecule has 4 aromatic rings. The van der Waals surface area contributed by atoms with E-state index in [0.717, 1.165) is 107 Å². The van der Waals surface area contributed by atoms with Gasteiger partial charge in [0.05, 0.1) is 45.9 Å². The van der Waals surface area contributed by atoms with E-state index in [1.165, 1.54) is 0 Å². The Balaban J connectivity index is 1.31. The number of carbonyl (C=O) groups excluding carboxylic acids is 6. The molecule has 0 aliphatic carbocycles. The van der Waals surface area contributed by atoms with Crippen molar-refractivity contribution in [1.29, 1.82) is 0 Å². The molecule has 2 amide bonds. The van der Waals surface area contributed by atoms with Crippen LogP contribution in [0.4, 0.5) is 51.5 Å².